The van der Waals surface area contributed by atoms with Crippen LogP contribution >= 0.6 is 11.3 Å². The molecular formula is C11H19N3S. The van der Waals surface area contributed by atoms with Gasteiger partial charge in [-0.3, -0.25) is 0 Å². The third-order valence-corrected chi connectivity index (χ3v) is 3.26. The van der Waals surface area contributed by atoms with Crippen molar-refractivity contribution in [2.45, 2.75) is 20.8 Å². The van der Waals surface area contributed by atoms with Crippen LogP contribution in [0, 0.1) is 0 Å². The average molecular weight is 225 g/mol. The van der Waals surface area contributed by atoms with E-state index >= 15 is 0 Å². The summed E-state index contributed by atoms with van der Waals surface area (Å²) < 4.78 is 0. The van der Waals surface area contributed by atoms with Crippen molar-refractivity contribution in [3.63, 3.8) is 0 Å². The molecule has 0 saturated heterocycles. The fraction of sp³-hybridized carbons (Fsp3) is 0.545. The highest BCUT2D eigenvalue weighted by atomic mass is 32.1. The predicted octanol–water partition coefficient (Wildman–Crippen LogP) is 2.35. The second kappa shape index (κ2) is 5.88. The Bertz CT molecular complexity index is 326. The maximum atomic E-state index is 5.54. The first-order chi connectivity index (χ1) is 7.21. The van der Waals surface area contributed by atoms with Crippen LogP contribution in [0.4, 0.5) is 5.13 Å². The molecule has 15 heavy (non-hydrogen) atoms. The quantitative estimate of drug-likeness (QED) is 0.836. The van der Waals surface area contributed by atoms with Gasteiger partial charge in [0.25, 0.3) is 0 Å². The van der Waals surface area contributed by atoms with Crippen molar-refractivity contribution in [2.75, 3.05) is 24.5 Å². The largest absolute Gasteiger partial charge is 0.349 e. The number of hydrogen-bond donors (Lipinski definition) is 1. The van der Waals surface area contributed by atoms with Gasteiger partial charge in [-0.05, 0) is 26.8 Å². The fourth-order valence-corrected chi connectivity index (χ4v) is 2.35. The average Bonchev–Trinajstić information content (AvgIpc) is 2.68. The molecule has 1 heterocycles. The summed E-state index contributed by atoms with van der Waals surface area (Å²) in [5.41, 5.74) is 6.73. The predicted molar refractivity (Wildman–Crippen MR) is 68.4 cm³/mol. The molecule has 3 nitrogen and oxygen atoms in total. The van der Waals surface area contributed by atoms with Gasteiger partial charge in [0.05, 0.1) is 0 Å². The second-order valence-electron chi connectivity index (χ2n) is 3.41. The SMILES string of the molecule is CCN(CC)c1ncc(C=C(C)CN)s1. The number of hydrogen-bond acceptors (Lipinski definition) is 4. The minimum absolute atomic E-state index is 0.610. The first kappa shape index (κ1) is 12.2. The van der Waals surface area contributed by atoms with Crippen LogP contribution in [-0.4, -0.2) is 24.6 Å². The molecule has 0 fully saturated rings. The lowest BCUT2D eigenvalue weighted by Gasteiger charge is -2.16. The number of thiazole rings is 1. The Hall–Kier alpha value is -0.870. The van der Waals surface area contributed by atoms with Crippen LogP contribution < -0.4 is 10.6 Å². The zero-order valence-corrected chi connectivity index (χ0v) is 10.5. The van der Waals surface area contributed by atoms with Crippen LogP contribution in [0.25, 0.3) is 6.08 Å². The van der Waals surface area contributed by atoms with E-state index in [1.54, 1.807) is 11.3 Å². The summed E-state index contributed by atoms with van der Waals surface area (Å²) in [6.07, 6.45) is 4.02. The summed E-state index contributed by atoms with van der Waals surface area (Å²) in [5.74, 6) is 0. The highest BCUT2D eigenvalue weighted by Crippen LogP contribution is 2.23. The Morgan fingerprint density at radius 3 is 2.73 bits per heavy atom. The van der Waals surface area contributed by atoms with E-state index in [0.29, 0.717) is 6.54 Å². The van der Waals surface area contributed by atoms with Gasteiger partial charge in [0, 0.05) is 30.7 Å². The summed E-state index contributed by atoms with van der Waals surface area (Å²) in [4.78, 5) is 7.83. The Labute approximate surface area is 95.6 Å². The smallest absolute Gasteiger partial charge is 0.185 e. The highest BCUT2D eigenvalue weighted by Gasteiger charge is 2.06. The Morgan fingerprint density at radius 2 is 2.20 bits per heavy atom. The number of rotatable bonds is 5. The standard InChI is InChI=1S/C11H19N3S/c1-4-14(5-2)11-13-8-10(15-11)6-9(3)7-12/h6,8H,4-5,7,12H2,1-3H3. The van der Waals surface area contributed by atoms with E-state index in [4.69, 9.17) is 5.73 Å². The zero-order chi connectivity index (χ0) is 11.3. The van der Waals surface area contributed by atoms with E-state index in [1.165, 1.54) is 10.5 Å². The van der Waals surface area contributed by atoms with E-state index in [9.17, 15) is 0 Å². The Morgan fingerprint density at radius 1 is 1.53 bits per heavy atom. The van der Waals surface area contributed by atoms with Crippen molar-refractivity contribution >= 4 is 22.5 Å². The zero-order valence-electron chi connectivity index (χ0n) is 9.66. The number of aromatic nitrogens is 1. The molecule has 2 N–H and O–H groups in total. The van der Waals surface area contributed by atoms with Crippen LogP contribution in [0.1, 0.15) is 25.6 Å². The van der Waals surface area contributed by atoms with Gasteiger partial charge in [0.2, 0.25) is 0 Å². The molecule has 0 aliphatic carbocycles. The monoisotopic (exact) mass is 225 g/mol. The Balaban J connectivity index is 2.80. The van der Waals surface area contributed by atoms with Crippen LogP contribution in [0.15, 0.2) is 11.8 Å². The molecule has 1 rings (SSSR count). The van der Waals surface area contributed by atoms with Crippen molar-refractivity contribution in [3.05, 3.63) is 16.6 Å². The molecule has 0 aliphatic rings. The molecule has 0 unspecified atom stereocenters. The van der Waals surface area contributed by atoms with E-state index < -0.39 is 0 Å². The molecule has 0 atom stereocenters. The molecular weight excluding hydrogens is 206 g/mol. The maximum absolute atomic E-state index is 5.54. The molecule has 1 aromatic heterocycles. The van der Waals surface area contributed by atoms with Gasteiger partial charge < -0.3 is 10.6 Å². The van der Waals surface area contributed by atoms with Crippen LogP contribution in [0.5, 0.6) is 0 Å². The van der Waals surface area contributed by atoms with Crippen molar-refractivity contribution in [2.24, 2.45) is 5.73 Å². The number of nitrogens with zero attached hydrogens (tertiary/aromatic N) is 2. The third-order valence-electron chi connectivity index (χ3n) is 2.26. The summed E-state index contributed by atoms with van der Waals surface area (Å²) in [5, 5.41) is 1.09. The van der Waals surface area contributed by atoms with Gasteiger partial charge in [-0.15, -0.1) is 0 Å². The highest BCUT2D eigenvalue weighted by molar-refractivity contribution is 7.16. The van der Waals surface area contributed by atoms with Gasteiger partial charge in [-0.25, -0.2) is 4.98 Å². The van der Waals surface area contributed by atoms with Crippen LogP contribution in [0.3, 0.4) is 0 Å². The van der Waals surface area contributed by atoms with Crippen molar-refractivity contribution in [3.8, 4) is 0 Å². The normalized spacial score (nSPS) is 11.9. The molecule has 0 aliphatic heterocycles. The number of anilines is 1. The fourth-order valence-electron chi connectivity index (χ4n) is 1.29. The molecule has 0 aromatic carbocycles. The van der Waals surface area contributed by atoms with E-state index in [2.05, 4.69) is 29.8 Å². The lowest BCUT2D eigenvalue weighted by atomic mass is 10.3. The lowest BCUT2D eigenvalue weighted by molar-refractivity contribution is 0.860. The summed E-state index contributed by atoms with van der Waals surface area (Å²) >= 11 is 1.72. The molecule has 4 heteroatoms. The summed E-state index contributed by atoms with van der Waals surface area (Å²) in [7, 11) is 0. The summed E-state index contributed by atoms with van der Waals surface area (Å²) in [6, 6.07) is 0. The van der Waals surface area contributed by atoms with Crippen molar-refractivity contribution < 1.29 is 0 Å². The minimum Gasteiger partial charge on any atom is -0.349 e. The second-order valence-corrected chi connectivity index (χ2v) is 4.45. The first-order valence-electron chi connectivity index (χ1n) is 5.29. The minimum atomic E-state index is 0.610. The van der Waals surface area contributed by atoms with E-state index in [0.717, 1.165) is 18.2 Å². The molecule has 1 aromatic rings. The maximum Gasteiger partial charge on any atom is 0.185 e. The van der Waals surface area contributed by atoms with Crippen LogP contribution in [-0.2, 0) is 0 Å². The topological polar surface area (TPSA) is 42.2 Å². The van der Waals surface area contributed by atoms with Gasteiger partial charge in [-0.2, -0.15) is 0 Å². The molecule has 84 valence electrons. The van der Waals surface area contributed by atoms with Gasteiger partial charge in [0.15, 0.2) is 5.13 Å². The Kier molecular flexibility index (Phi) is 4.78. The molecule has 0 bridgehead atoms. The van der Waals surface area contributed by atoms with Crippen molar-refractivity contribution in [1.82, 2.24) is 4.98 Å². The molecule has 0 spiro atoms. The van der Waals surface area contributed by atoms with Gasteiger partial charge in [-0.1, -0.05) is 16.9 Å². The lowest BCUT2D eigenvalue weighted by Crippen LogP contribution is -2.21. The van der Waals surface area contributed by atoms with E-state index in [1.807, 2.05) is 13.1 Å². The van der Waals surface area contributed by atoms with Gasteiger partial charge in [0.1, 0.15) is 0 Å². The number of nitrogens with two attached hydrogens (primary N) is 1. The summed E-state index contributed by atoms with van der Waals surface area (Å²) in [6.45, 7) is 8.94. The first-order valence-corrected chi connectivity index (χ1v) is 6.10. The third kappa shape index (κ3) is 3.32. The van der Waals surface area contributed by atoms with E-state index in [-0.39, 0.29) is 0 Å². The van der Waals surface area contributed by atoms with Gasteiger partial charge >= 0.3 is 0 Å². The molecule has 0 radical (unpaired) electrons. The molecule has 0 saturated carbocycles. The van der Waals surface area contributed by atoms with Crippen LogP contribution in [0.2, 0.25) is 0 Å². The van der Waals surface area contributed by atoms with Crippen molar-refractivity contribution in [1.29, 1.82) is 0 Å². The molecule has 0 amide bonds.